The fourth-order valence-corrected chi connectivity index (χ4v) is 4.56. The molecule has 0 aromatic heterocycles. The van der Waals surface area contributed by atoms with Crippen molar-refractivity contribution < 1.29 is 14.3 Å². The Labute approximate surface area is 150 Å². The van der Waals surface area contributed by atoms with E-state index in [0.717, 1.165) is 50.3 Å². The smallest absolute Gasteiger partial charge is 0.217 e. The molecule has 25 heavy (non-hydrogen) atoms. The average Bonchev–Trinajstić information content (AvgIpc) is 3.12. The number of carbonyl (C=O) groups is 1. The number of likely N-dealkylation sites (tertiary alicyclic amines) is 1. The van der Waals surface area contributed by atoms with Gasteiger partial charge in [0.25, 0.3) is 0 Å². The van der Waals surface area contributed by atoms with Crippen LogP contribution in [0, 0.1) is 0 Å². The summed E-state index contributed by atoms with van der Waals surface area (Å²) >= 11 is 0. The topological polar surface area (TPSA) is 50.8 Å². The highest BCUT2D eigenvalue weighted by molar-refractivity contribution is 5.74. The summed E-state index contributed by atoms with van der Waals surface area (Å²) in [4.78, 5) is 14.4. The number of rotatable bonds is 5. The molecule has 1 aliphatic heterocycles. The van der Waals surface area contributed by atoms with E-state index in [0.29, 0.717) is 0 Å². The maximum absolute atomic E-state index is 12.0. The van der Waals surface area contributed by atoms with Crippen molar-refractivity contribution in [1.29, 1.82) is 0 Å². The number of nitrogens with one attached hydrogen (secondary N) is 1. The van der Waals surface area contributed by atoms with Crippen molar-refractivity contribution in [2.75, 3.05) is 20.2 Å². The van der Waals surface area contributed by atoms with Crippen molar-refractivity contribution in [2.45, 2.75) is 63.6 Å². The summed E-state index contributed by atoms with van der Waals surface area (Å²) < 4.78 is 12.3. The van der Waals surface area contributed by atoms with Crippen molar-refractivity contribution in [3.63, 3.8) is 0 Å². The molecule has 1 saturated carbocycles. The molecule has 1 heterocycles. The van der Waals surface area contributed by atoms with Gasteiger partial charge in [0.15, 0.2) is 17.2 Å². The van der Waals surface area contributed by atoms with Crippen molar-refractivity contribution in [1.82, 2.24) is 10.2 Å². The van der Waals surface area contributed by atoms with Crippen molar-refractivity contribution in [3.05, 3.63) is 24.3 Å². The number of methoxy groups -OCH3 is 1. The third-order valence-electron chi connectivity index (χ3n) is 5.72. The largest absolute Gasteiger partial charge is 0.493 e. The fourth-order valence-electron chi connectivity index (χ4n) is 4.56. The van der Waals surface area contributed by atoms with Gasteiger partial charge in [-0.15, -0.1) is 0 Å². The quantitative estimate of drug-likeness (QED) is 0.888. The Morgan fingerprint density at radius 2 is 1.72 bits per heavy atom. The Hall–Kier alpha value is -1.75. The molecule has 5 nitrogen and oxygen atoms in total. The Kier molecular flexibility index (Phi) is 5.23. The van der Waals surface area contributed by atoms with Crippen LogP contribution in [0.5, 0.6) is 11.5 Å². The Balaban J connectivity index is 2.04. The summed E-state index contributed by atoms with van der Waals surface area (Å²) in [5.74, 6) is 1.48. The maximum atomic E-state index is 12.0. The van der Waals surface area contributed by atoms with Gasteiger partial charge in [0, 0.05) is 26.4 Å². The lowest BCUT2D eigenvalue weighted by Crippen LogP contribution is -2.73. The van der Waals surface area contributed by atoms with Crippen LogP contribution in [-0.4, -0.2) is 42.3 Å². The highest BCUT2D eigenvalue weighted by Crippen LogP contribution is 2.46. The minimum absolute atomic E-state index is 0.00315. The number of benzene rings is 1. The van der Waals surface area contributed by atoms with Gasteiger partial charge in [-0.05, 0) is 44.7 Å². The van der Waals surface area contributed by atoms with E-state index in [1.54, 1.807) is 14.0 Å². The molecule has 2 fully saturated rings. The Bertz CT molecular complexity index is 615. The van der Waals surface area contributed by atoms with Crippen LogP contribution < -0.4 is 14.8 Å². The van der Waals surface area contributed by atoms with E-state index < -0.39 is 11.3 Å². The number of amides is 1. The second kappa shape index (κ2) is 7.24. The molecule has 1 aromatic rings. The molecule has 1 saturated heterocycles. The van der Waals surface area contributed by atoms with Gasteiger partial charge in [-0.25, -0.2) is 0 Å². The molecule has 2 unspecified atom stereocenters. The molecule has 0 spiro atoms. The van der Waals surface area contributed by atoms with Crippen molar-refractivity contribution >= 4 is 5.91 Å². The summed E-state index contributed by atoms with van der Waals surface area (Å²) in [6, 6.07) is 7.79. The molecule has 3 rings (SSSR count). The number of hydrogen-bond donors (Lipinski definition) is 1. The van der Waals surface area contributed by atoms with E-state index in [2.05, 4.69) is 17.1 Å². The highest BCUT2D eigenvalue weighted by Gasteiger charge is 2.57. The third-order valence-corrected chi connectivity index (χ3v) is 5.72. The molecule has 0 radical (unpaired) electrons. The van der Waals surface area contributed by atoms with Gasteiger partial charge in [0.05, 0.1) is 12.6 Å². The van der Waals surface area contributed by atoms with Crippen molar-refractivity contribution in [3.8, 4) is 11.5 Å². The van der Waals surface area contributed by atoms with Crippen LogP contribution in [0.2, 0.25) is 0 Å². The number of nitrogens with zero attached hydrogens (tertiary/aromatic N) is 1. The van der Waals surface area contributed by atoms with Crippen LogP contribution in [-0.2, 0) is 4.79 Å². The van der Waals surface area contributed by atoms with Gasteiger partial charge >= 0.3 is 0 Å². The highest BCUT2D eigenvalue weighted by atomic mass is 16.5. The Morgan fingerprint density at radius 3 is 2.36 bits per heavy atom. The number of hydrogen-bond acceptors (Lipinski definition) is 4. The van der Waals surface area contributed by atoms with Gasteiger partial charge in [-0.3, -0.25) is 9.69 Å². The molecule has 0 bridgehead atoms. The van der Waals surface area contributed by atoms with Crippen LogP contribution in [0.4, 0.5) is 0 Å². The van der Waals surface area contributed by atoms with Crippen LogP contribution in [0.3, 0.4) is 0 Å². The maximum Gasteiger partial charge on any atom is 0.217 e. The molecule has 5 heteroatoms. The van der Waals surface area contributed by atoms with E-state index in [1.807, 2.05) is 24.3 Å². The zero-order valence-electron chi connectivity index (χ0n) is 15.6. The third kappa shape index (κ3) is 3.34. The molecule has 1 amide bonds. The Morgan fingerprint density at radius 1 is 1.08 bits per heavy atom. The molecular formula is C20H30N2O3. The molecule has 138 valence electrons. The molecule has 2 atom stereocenters. The first-order valence-electron chi connectivity index (χ1n) is 9.37. The fraction of sp³-hybridized carbons (Fsp3) is 0.650. The van der Waals surface area contributed by atoms with Gasteiger partial charge in [0.1, 0.15) is 0 Å². The molecule has 2 aliphatic rings. The normalized spacial score (nSPS) is 30.0. The molecule has 1 aromatic carbocycles. The SMILES string of the molecule is COc1ccccc1OC1(N2CCCC2)CCCCC1(C)NC(C)=O. The van der Waals surface area contributed by atoms with Crippen molar-refractivity contribution in [2.24, 2.45) is 0 Å². The first-order chi connectivity index (χ1) is 12.0. The molecular weight excluding hydrogens is 316 g/mol. The lowest BCUT2D eigenvalue weighted by Gasteiger charge is -2.55. The van der Waals surface area contributed by atoms with Crippen LogP contribution in [0.25, 0.3) is 0 Å². The van der Waals surface area contributed by atoms with Gasteiger partial charge in [-0.1, -0.05) is 18.6 Å². The zero-order chi connectivity index (χ0) is 17.9. The average molecular weight is 346 g/mol. The second-order valence-electron chi connectivity index (χ2n) is 7.45. The van der Waals surface area contributed by atoms with Crippen LogP contribution in [0.1, 0.15) is 52.4 Å². The number of ether oxygens (including phenoxy) is 2. The molecule has 1 aliphatic carbocycles. The summed E-state index contributed by atoms with van der Waals surface area (Å²) in [5.41, 5.74) is -0.968. The van der Waals surface area contributed by atoms with Crippen LogP contribution >= 0.6 is 0 Å². The van der Waals surface area contributed by atoms with E-state index >= 15 is 0 Å². The van der Waals surface area contributed by atoms with E-state index in [1.165, 1.54) is 12.8 Å². The minimum Gasteiger partial charge on any atom is -0.493 e. The predicted octanol–water partition coefficient (Wildman–Crippen LogP) is 3.33. The standard InChI is InChI=1S/C20H30N2O3/c1-16(23)21-19(2)12-6-7-13-20(19,22-14-8-9-15-22)25-18-11-5-4-10-17(18)24-3/h4-5,10-11H,6-9,12-15H2,1-3H3,(H,21,23). The predicted molar refractivity (Wildman–Crippen MR) is 97.8 cm³/mol. The summed E-state index contributed by atoms with van der Waals surface area (Å²) in [6.45, 7) is 5.74. The van der Waals surface area contributed by atoms with Gasteiger partial charge < -0.3 is 14.8 Å². The number of carbonyl (C=O) groups excluding carboxylic acids is 1. The van der Waals surface area contributed by atoms with Gasteiger partial charge in [-0.2, -0.15) is 0 Å². The monoisotopic (exact) mass is 346 g/mol. The van der Waals surface area contributed by atoms with Crippen LogP contribution in [0.15, 0.2) is 24.3 Å². The molecule has 1 N–H and O–H groups in total. The summed E-state index contributed by atoms with van der Waals surface area (Å²) in [5, 5.41) is 3.24. The van der Waals surface area contributed by atoms with Gasteiger partial charge in [0.2, 0.25) is 5.91 Å². The first kappa shape index (κ1) is 18.1. The second-order valence-corrected chi connectivity index (χ2v) is 7.45. The van der Waals surface area contributed by atoms with E-state index in [4.69, 9.17) is 9.47 Å². The van der Waals surface area contributed by atoms with E-state index in [9.17, 15) is 4.79 Å². The lowest BCUT2D eigenvalue weighted by molar-refractivity contribution is -0.164. The lowest BCUT2D eigenvalue weighted by atomic mass is 9.74. The zero-order valence-corrected chi connectivity index (χ0v) is 15.6. The minimum atomic E-state index is -0.540. The van der Waals surface area contributed by atoms with E-state index in [-0.39, 0.29) is 5.91 Å². The number of para-hydroxylation sites is 2. The summed E-state index contributed by atoms with van der Waals surface area (Å²) in [6.07, 6.45) is 6.36. The first-order valence-corrected chi connectivity index (χ1v) is 9.37. The summed E-state index contributed by atoms with van der Waals surface area (Å²) in [7, 11) is 1.67.